The third-order valence-electron chi connectivity index (χ3n) is 6.45. The lowest BCUT2D eigenvalue weighted by molar-refractivity contribution is -0.140. The van der Waals surface area contributed by atoms with Gasteiger partial charge in [-0.3, -0.25) is 9.47 Å². The summed E-state index contributed by atoms with van der Waals surface area (Å²) >= 11 is 0. The van der Waals surface area contributed by atoms with Gasteiger partial charge in [0.05, 0.1) is 17.7 Å². The van der Waals surface area contributed by atoms with E-state index in [1.807, 2.05) is 42.2 Å². The van der Waals surface area contributed by atoms with Crippen LogP contribution in [-0.2, 0) is 12.7 Å². The summed E-state index contributed by atoms with van der Waals surface area (Å²) < 4.78 is 61.6. The van der Waals surface area contributed by atoms with E-state index in [9.17, 15) is 27.5 Å². The zero-order chi connectivity index (χ0) is 27.3. The van der Waals surface area contributed by atoms with Gasteiger partial charge in [-0.15, -0.1) is 0 Å². The van der Waals surface area contributed by atoms with E-state index < -0.39 is 23.7 Å². The first kappa shape index (κ1) is 27.2. The Bertz CT molecular complexity index is 1390. The Morgan fingerprint density at radius 3 is 2.47 bits per heavy atom. The number of ether oxygens (including phenoxy) is 1. The number of fused-ring (bicyclic) bond motifs is 1. The van der Waals surface area contributed by atoms with E-state index in [-0.39, 0.29) is 18.0 Å². The summed E-state index contributed by atoms with van der Waals surface area (Å²) in [6, 6.07) is 19.9. The minimum absolute atomic E-state index is 0.0132. The van der Waals surface area contributed by atoms with E-state index in [2.05, 4.69) is 0 Å². The van der Waals surface area contributed by atoms with Crippen molar-refractivity contribution in [3.05, 3.63) is 102 Å². The molecule has 0 saturated heterocycles. The molecule has 4 rings (SSSR count). The molecule has 3 aromatic carbocycles. The SMILES string of the molecule is C[C@H](CN(CCCOc1cccc2c1ccn2C(=O)O)Cc1cccc(C(F)(F)F)c1F)c1ccccc1. The Hall–Kier alpha value is -3.85. The van der Waals surface area contributed by atoms with Crippen LogP contribution in [0.25, 0.3) is 10.9 Å². The predicted molar refractivity (Wildman–Crippen MR) is 137 cm³/mol. The van der Waals surface area contributed by atoms with Crippen LogP contribution in [0, 0.1) is 5.82 Å². The fraction of sp³-hybridized carbons (Fsp3) is 0.276. The standard InChI is InChI=1S/C29H28F4N2O3/c1-20(21-8-3-2-4-9-21)18-34(19-22-10-5-11-24(27(22)30)29(31,32)33)15-7-17-38-26-13-6-12-25-23(26)14-16-35(25)28(36)37/h2-6,8-14,16,20H,7,15,17-19H2,1H3,(H,36,37)/t20-/m1/s1. The highest BCUT2D eigenvalue weighted by Gasteiger charge is 2.35. The summed E-state index contributed by atoms with van der Waals surface area (Å²) in [7, 11) is 0. The first-order valence-electron chi connectivity index (χ1n) is 12.2. The molecule has 4 aromatic rings. The summed E-state index contributed by atoms with van der Waals surface area (Å²) in [6.07, 6.45) is -3.88. The lowest BCUT2D eigenvalue weighted by Crippen LogP contribution is -2.30. The van der Waals surface area contributed by atoms with E-state index in [0.717, 1.165) is 16.2 Å². The molecule has 0 spiro atoms. The van der Waals surface area contributed by atoms with E-state index in [1.54, 1.807) is 24.3 Å². The van der Waals surface area contributed by atoms with Crippen molar-refractivity contribution in [1.82, 2.24) is 9.47 Å². The van der Waals surface area contributed by atoms with Gasteiger partial charge in [0.15, 0.2) is 0 Å². The van der Waals surface area contributed by atoms with Crippen LogP contribution in [-0.4, -0.2) is 40.4 Å². The summed E-state index contributed by atoms with van der Waals surface area (Å²) in [4.78, 5) is 13.3. The van der Waals surface area contributed by atoms with Crippen LogP contribution in [0.15, 0.2) is 79.0 Å². The molecule has 0 aliphatic carbocycles. The number of nitrogens with zero attached hydrogens (tertiary/aromatic N) is 2. The van der Waals surface area contributed by atoms with Crippen molar-refractivity contribution < 1.29 is 32.2 Å². The summed E-state index contributed by atoms with van der Waals surface area (Å²) in [5.41, 5.74) is 0.304. The topological polar surface area (TPSA) is 54.7 Å². The molecule has 0 aliphatic heterocycles. The van der Waals surface area contributed by atoms with Gasteiger partial charge in [-0.05, 0) is 42.2 Å². The Labute approximate surface area is 217 Å². The third kappa shape index (κ3) is 6.34. The van der Waals surface area contributed by atoms with Gasteiger partial charge in [-0.1, -0.05) is 55.5 Å². The number of alkyl halides is 3. The molecule has 0 radical (unpaired) electrons. The van der Waals surface area contributed by atoms with E-state index in [0.29, 0.717) is 42.8 Å². The van der Waals surface area contributed by atoms with E-state index in [4.69, 9.17) is 4.74 Å². The average Bonchev–Trinajstić information content (AvgIpc) is 3.33. The number of aromatic nitrogens is 1. The number of halogens is 4. The van der Waals surface area contributed by atoms with Crippen LogP contribution in [0.3, 0.4) is 0 Å². The number of hydrogen-bond donors (Lipinski definition) is 1. The highest BCUT2D eigenvalue weighted by molar-refractivity contribution is 5.92. The molecule has 0 amide bonds. The van der Waals surface area contributed by atoms with Crippen molar-refractivity contribution in [2.75, 3.05) is 19.7 Å². The van der Waals surface area contributed by atoms with Gasteiger partial charge in [0, 0.05) is 36.8 Å². The average molecular weight is 529 g/mol. The molecule has 0 bridgehead atoms. The molecular formula is C29H28F4N2O3. The molecule has 1 N–H and O–H groups in total. The van der Waals surface area contributed by atoms with Gasteiger partial charge in [0.2, 0.25) is 0 Å². The van der Waals surface area contributed by atoms with Crippen molar-refractivity contribution >= 4 is 17.0 Å². The molecule has 38 heavy (non-hydrogen) atoms. The Morgan fingerprint density at radius 2 is 1.76 bits per heavy atom. The van der Waals surface area contributed by atoms with Crippen molar-refractivity contribution in [2.45, 2.75) is 32.0 Å². The molecule has 1 aromatic heterocycles. The minimum Gasteiger partial charge on any atom is -0.493 e. The first-order valence-corrected chi connectivity index (χ1v) is 12.2. The summed E-state index contributed by atoms with van der Waals surface area (Å²) in [6.45, 7) is 3.30. The summed E-state index contributed by atoms with van der Waals surface area (Å²) in [5.74, 6) is -0.644. The third-order valence-corrected chi connectivity index (χ3v) is 6.45. The maximum atomic E-state index is 14.8. The number of hydrogen-bond acceptors (Lipinski definition) is 3. The lowest BCUT2D eigenvalue weighted by Gasteiger charge is -2.27. The van der Waals surface area contributed by atoms with Gasteiger partial charge in [0.1, 0.15) is 11.6 Å². The maximum absolute atomic E-state index is 14.8. The van der Waals surface area contributed by atoms with Gasteiger partial charge >= 0.3 is 12.3 Å². The molecule has 0 unspecified atom stereocenters. The molecule has 0 saturated carbocycles. The highest BCUT2D eigenvalue weighted by atomic mass is 19.4. The predicted octanol–water partition coefficient (Wildman–Crippen LogP) is 7.40. The zero-order valence-corrected chi connectivity index (χ0v) is 20.8. The van der Waals surface area contributed by atoms with Crippen LogP contribution in [0.4, 0.5) is 22.4 Å². The molecule has 0 fully saturated rings. The molecule has 5 nitrogen and oxygen atoms in total. The Kier molecular flexibility index (Phi) is 8.36. The number of benzene rings is 3. The highest BCUT2D eigenvalue weighted by Crippen LogP contribution is 2.33. The second-order valence-corrected chi connectivity index (χ2v) is 9.18. The molecule has 1 atom stereocenters. The van der Waals surface area contributed by atoms with Crippen LogP contribution in [0.1, 0.15) is 36.0 Å². The smallest absolute Gasteiger partial charge is 0.419 e. The molecular weight excluding hydrogens is 500 g/mol. The molecule has 1 heterocycles. The van der Waals surface area contributed by atoms with E-state index in [1.165, 1.54) is 18.3 Å². The fourth-order valence-electron chi connectivity index (χ4n) is 4.57. The van der Waals surface area contributed by atoms with Crippen LogP contribution < -0.4 is 4.74 Å². The minimum atomic E-state index is -4.77. The molecule has 9 heteroatoms. The van der Waals surface area contributed by atoms with Crippen LogP contribution >= 0.6 is 0 Å². The second-order valence-electron chi connectivity index (χ2n) is 9.18. The van der Waals surface area contributed by atoms with E-state index >= 15 is 0 Å². The Morgan fingerprint density at radius 1 is 1.03 bits per heavy atom. The van der Waals surface area contributed by atoms with Gasteiger partial charge in [0.25, 0.3) is 0 Å². The van der Waals surface area contributed by atoms with Crippen molar-refractivity contribution in [2.24, 2.45) is 0 Å². The normalized spacial score (nSPS) is 12.7. The van der Waals surface area contributed by atoms with Gasteiger partial charge in [-0.2, -0.15) is 13.2 Å². The number of rotatable bonds is 10. The maximum Gasteiger partial charge on any atom is 0.419 e. The zero-order valence-electron chi connectivity index (χ0n) is 20.8. The molecule has 200 valence electrons. The van der Waals surface area contributed by atoms with Gasteiger partial charge < -0.3 is 9.84 Å². The second kappa shape index (κ2) is 11.7. The Balaban J connectivity index is 1.47. The first-order chi connectivity index (χ1) is 18.1. The lowest BCUT2D eigenvalue weighted by atomic mass is 10.00. The quantitative estimate of drug-likeness (QED) is 0.172. The monoisotopic (exact) mass is 528 g/mol. The fourth-order valence-corrected chi connectivity index (χ4v) is 4.57. The van der Waals surface area contributed by atoms with Crippen LogP contribution in [0.2, 0.25) is 0 Å². The van der Waals surface area contributed by atoms with Gasteiger partial charge in [-0.25, -0.2) is 9.18 Å². The largest absolute Gasteiger partial charge is 0.493 e. The number of carboxylic acid groups (broad SMARTS) is 1. The van der Waals surface area contributed by atoms with Crippen LogP contribution in [0.5, 0.6) is 5.75 Å². The molecule has 0 aliphatic rings. The summed E-state index contributed by atoms with van der Waals surface area (Å²) in [5, 5.41) is 9.98. The van der Waals surface area contributed by atoms with Crippen molar-refractivity contribution in [1.29, 1.82) is 0 Å². The van der Waals surface area contributed by atoms with Crippen molar-refractivity contribution in [3.8, 4) is 5.75 Å². The van der Waals surface area contributed by atoms with Crippen molar-refractivity contribution in [3.63, 3.8) is 0 Å². The number of carbonyl (C=O) groups is 1.